The van der Waals surface area contributed by atoms with Crippen LogP contribution in [0.2, 0.25) is 0 Å². The van der Waals surface area contributed by atoms with E-state index in [1.54, 1.807) is 11.1 Å². The number of anilines is 1. The van der Waals surface area contributed by atoms with Crippen molar-refractivity contribution in [3.05, 3.63) is 11.8 Å². The zero-order valence-electron chi connectivity index (χ0n) is 12.4. The van der Waals surface area contributed by atoms with Crippen LogP contribution >= 0.6 is 0 Å². The van der Waals surface area contributed by atoms with Crippen LogP contribution < -0.4 is 10.6 Å². The molecular weight excluding hydrogens is 262 g/mol. The Balaban J connectivity index is 2.32. The van der Waals surface area contributed by atoms with E-state index in [2.05, 4.69) is 18.9 Å². The van der Waals surface area contributed by atoms with Gasteiger partial charge in [0.15, 0.2) is 0 Å². The summed E-state index contributed by atoms with van der Waals surface area (Å²) in [6, 6.07) is -0.237. The molecule has 1 saturated heterocycles. The van der Waals surface area contributed by atoms with Gasteiger partial charge in [-0.25, -0.2) is 13.5 Å². The summed E-state index contributed by atoms with van der Waals surface area (Å²) in [5, 5.41) is 4.36. The molecule has 0 bridgehead atoms. The fourth-order valence-electron chi connectivity index (χ4n) is 2.74. The van der Waals surface area contributed by atoms with Crippen molar-refractivity contribution in [3.8, 4) is 0 Å². The number of aromatic nitrogens is 2. The van der Waals surface area contributed by atoms with Crippen molar-refractivity contribution in [2.45, 2.75) is 58.0 Å². The largest absolute Gasteiger partial charge is 0.351 e. The first-order valence-corrected chi connectivity index (χ1v) is 7.26. The molecule has 1 aliphatic heterocycles. The lowest BCUT2D eigenvalue weighted by molar-refractivity contribution is -0.000616. The van der Waals surface area contributed by atoms with Crippen molar-refractivity contribution in [2.75, 3.05) is 18.0 Å². The molecule has 114 valence electrons. The normalized spacial score (nSPS) is 24.5. The van der Waals surface area contributed by atoms with Gasteiger partial charge in [-0.1, -0.05) is 6.92 Å². The summed E-state index contributed by atoms with van der Waals surface area (Å²) >= 11 is 0. The van der Waals surface area contributed by atoms with E-state index >= 15 is 0 Å². The molecule has 0 aromatic carbocycles. The predicted octanol–water partition coefficient (Wildman–Crippen LogP) is 2.73. The second kappa shape index (κ2) is 5.68. The van der Waals surface area contributed by atoms with E-state index in [1.165, 1.54) is 0 Å². The Morgan fingerprint density at radius 2 is 2.25 bits per heavy atom. The summed E-state index contributed by atoms with van der Waals surface area (Å²) in [4.78, 5) is 1.75. The molecule has 2 N–H and O–H groups in total. The highest BCUT2D eigenvalue weighted by molar-refractivity contribution is 5.47. The maximum Gasteiger partial charge on any atom is 0.266 e. The van der Waals surface area contributed by atoms with Gasteiger partial charge in [-0.05, 0) is 26.7 Å². The van der Waals surface area contributed by atoms with E-state index in [0.717, 1.165) is 17.8 Å². The minimum Gasteiger partial charge on any atom is -0.351 e. The Labute approximate surface area is 118 Å². The van der Waals surface area contributed by atoms with Gasteiger partial charge in [0.1, 0.15) is 5.82 Å². The van der Waals surface area contributed by atoms with Crippen LogP contribution in [-0.4, -0.2) is 34.8 Å². The zero-order chi connectivity index (χ0) is 14.9. The van der Waals surface area contributed by atoms with Gasteiger partial charge >= 0.3 is 0 Å². The van der Waals surface area contributed by atoms with E-state index in [-0.39, 0.29) is 19.0 Å². The van der Waals surface area contributed by atoms with Crippen molar-refractivity contribution in [1.29, 1.82) is 0 Å². The highest BCUT2D eigenvalue weighted by Crippen LogP contribution is 2.32. The van der Waals surface area contributed by atoms with Crippen LogP contribution in [0.4, 0.5) is 14.6 Å². The maximum atomic E-state index is 14.0. The fourth-order valence-corrected chi connectivity index (χ4v) is 2.74. The molecule has 1 aromatic rings. The summed E-state index contributed by atoms with van der Waals surface area (Å²) in [6.07, 6.45) is 3.02. The Morgan fingerprint density at radius 3 is 2.90 bits per heavy atom. The Kier molecular flexibility index (Phi) is 4.32. The minimum absolute atomic E-state index is 0.198. The SMILES string of the molecule is CCC(C)n1ncc(C)c1N1CCC(N)CC(F)(F)C1. The number of hydrogen-bond donors (Lipinski definition) is 1. The lowest BCUT2D eigenvalue weighted by Crippen LogP contribution is -2.37. The van der Waals surface area contributed by atoms with Gasteiger partial charge in [-0.15, -0.1) is 0 Å². The molecule has 0 radical (unpaired) electrons. The van der Waals surface area contributed by atoms with Crippen LogP contribution in [0, 0.1) is 6.92 Å². The molecule has 2 unspecified atom stereocenters. The van der Waals surface area contributed by atoms with E-state index in [9.17, 15) is 8.78 Å². The number of hydrogen-bond acceptors (Lipinski definition) is 3. The molecule has 0 aliphatic carbocycles. The van der Waals surface area contributed by atoms with Crippen LogP contribution in [0.1, 0.15) is 44.7 Å². The second-order valence-electron chi connectivity index (χ2n) is 5.88. The minimum atomic E-state index is -2.74. The van der Waals surface area contributed by atoms with Gasteiger partial charge in [0.05, 0.1) is 18.8 Å². The van der Waals surface area contributed by atoms with Crippen LogP contribution in [-0.2, 0) is 0 Å². The third kappa shape index (κ3) is 3.11. The summed E-state index contributed by atoms with van der Waals surface area (Å²) < 4.78 is 29.8. The van der Waals surface area contributed by atoms with Crippen LogP contribution in [0.5, 0.6) is 0 Å². The average Bonchev–Trinajstić information content (AvgIpc) is 2.68. The number of nitrogens with zero attached hydrogens (tertiary/aromatic N) is 3. The summed E-state index contributed by atoms with van der Waals surface area (Å²) in [6.45, 7) is 6.32. The first kappa shape index (κ1) is 15.2. The molecule has 2 atom stereocenters. The maximum absolute atomic E-state index is 14.0. The topological polar surface area (TPSA) is 47.1 Å². The molecule has 6 heteroatoms. The van der Waals surface area contributed by atoms with Crippen molar-refractivity contribution >= 4 is 5.82 Å². The summed E-state index contributed by atoms with van der Waals surface area (Å²) in [5.41, 5.74) is 6.70. The number of halogens is 2. The number of nitrogens with two attached hydrogens (primary N) is 1. The molecule has 2 heterocycles. The lowest BCUT2D eigenvalue weighted by Gasteiger charge is -2.28. The summed E-state index contributed by atoms with van der Waals surface area (Å²) in [5.74, 6) is -1.93. The molecule has 2 rings (SSSR count). The standard InChI is InChI=1S/C14H24F2N4/c1-4-11(3)20-13(10(2)8-18-20)19-6-5-12(17)7-14(15,16)9-19/h8,11-12H,4-7,9,17H2,1-3H3. The Hall–Kier alpha value is -1.17. The highest BCUT2D eigenvalue weighted by atomic mass is 19.3. The van der Waals surface area contributed by atoms with Crippen LogP contribution in [0.3, 0.4) is 0 Å². The smallest absolute Gasteiger partial charge is 0.266 e. The van der Waals surface area contributed by atoms with Crippen molar-refractivity contribution in [3.63, 3.8) is 0 Å². The van der Waals surface area contributed by atoms with Gasteiger partial charge in [0, 0.05) is 24.6 Å². The van der Waals surface area contributed by atoms with E-state index < -0.39 is 12.0 Å². The van der Waals surface area contributed by atoms with Gasteiger partial charge in [-0.2, -0.15) is 5.10 Å². The first-order valence-electron chi connectivity index (χ1n) is 7.26. The molecule has 0 saturated carbocycles. The molecule has 1 aliphatic rings. The molecule has 4 nitrogen and oxygen atoms in total. The third-order valence-electron chi connectivity index (χ3n) is 4.01. The first-order chi connectivity index (χ1) is 9.34. The van der Waals surface area contributed by atoms with Crippen LogP contribution in [0.25, 0.3) is 0 Å². The summed E-state index contributed by atoms with van der Waals surface area (Å²) in [7, 11) is 0. The second-order valence-corrected chi connectivity index (χ2v) is 5.88. The van der Waals surface area contributed by atoms with E-state index in [0.29, 0.717) is 13.0 Å². The molecular formula is C14H24F2N4. The van der Waals surface area contributed by atoms with E-state index in [1.807, 2.05) is 11.6 Å². The quantitative estimate of drug-likeness (QED) is 0.929. The van der Waals surface area contributed by atoms with Gasteiger partial charge in [-0.3, -0.25) is 0 Å². The van der Waals surface area contributed by atoms with Gasteiger partial charge < -0.3 is 10.6 Å². The monoisotopic (exact) mass is 286 g/mol. The van der Waals surface area contributed by atoms with Gasteiger partial charge in [0.25, 0.3) is 5.92 Å². The predicted molar refractivity (Wildman–Crippen MR) is 76.3 cm³/mol. The number of aryl methyl sites for hydroxylation is 1. The zero-order valence-corrected chi connectivity index (χ0v) is 12.4. The number of alkyl halides is 2. The van der Waals surface area contributed by atoms with Gasteiger partial charge in [0.2, 0.25) is 0 Å². The Bertz CT molecular complexity index is 458. The molecule has 20 heavy (non-hydrogen) atoms. The Morgan fingerprint density at radius 1 is 1.55 bits per heavy atom. The van der Waals surface area contributed by atoms with Crippen molar-refractivity contribution in [2.24, 2.45) is 5.73 Å². The molecule has 0 amide bonds. The van der Waals surface area contributed by atoms with Crippen molar-refractivity contribution in [1.82, 2.24) is 9.78 Å². The molecule has 1 aromatic heterocycles. The molecule has 0 spiro atoms. The highest BCUT2D eigenvalue weighted by Gasteiger charge is 2.38. The average molecular weight is 286 g/mol. The third-order valence-corrected chi connectivity index (χ3v) is 4.01. The fraction of sp³-hybridized carbons (Fsp3) is 0.786. The molecule has 1 fully saturated rings. The lowest BCUT2D eigenvalue weighted by atomic mass is 10.1. The van der Waals surface area contributed by atoms with E-state index in [4.69, 9.17) is 5.73 Å². The van der Waals surface area contributed by atoms with Crippen molar-refractivity contribution < 1.29 is 8.78 Å². The van der Waals surface area contributed by atoms with Crippen LogP contribution in [0.15, 0.2) is 6.20 Å². The number of rotatable bonds is 3.